The highest BCUT2D eigenvalue weighted by Gasteiger charge is 2.73. The number of Topliss-reactive ketones (excluding diaryl/α,β-unsaturated/α-hetero) is 1. The van der Waals surface area contributed by atoms with Gasteiger partial charge in [0.1, 0.15) is 18.4 Å². The average Bonchev–Trinajstić information content (AvgIpc) is 2.88. The van der Waals surface area contributed by atoms with Gasteiger partial charge in [0.15, 0.2) is 11.6 Å². The number of rotatable bonds is 2. The highest BCUT2D eigenvalue weighted by molar-refractivity contribution is 6.26. The molecule has 7 atom stereocenters. The Labute approximate surface area is 164 Å². The number of carbonyl (C=O) groups excluding carboxylic acids is 2. The van der Waals surface area contributed by atoms with Crippen molar-refractivity contribution in [2.75, 3.05) is 6.61 Å². The zero-order valence-corrected chi connectivity index (χ0v) is 16.7. The molecule has 0 aromatic heterocycles. The fraction of sp³-hybridized carbons (Fsp3) is 0.810. The summed E-state index contributed by atoms with van der Waals surface area (Å²) in [5, 5.41) is 20.5. The second kappa shape index (κ2) is 5.87. The topological polar surface area (TPSA) is 74.6 Å². The van der Waals surface area contributed by atoms with Crippen molar-refractivity contribution in [3.63, 3.8) is 0 Å². The molecular weight excluding hydrogens is 371 g/mol. The molecule has 4 nitrogen and oxygen atoms in total. The van der Waals surface area contributed by atoms with Crippen molar-refractivity contribution in [1.29, 1.82) is 0 Å². The maximum Gasteiger partial charge on any atom is 0.190 e. The lowest BCUT2D eigenvalue weighted by atomic mass is 9.45. The Morgan fingerprint density at radius 1 is 1.26 bits per heavy atom. The molecule has 3 saturated carbocycles. The maximum absolute atomic E-state index is 15.9. The number of allylic oxidation sites excluding steroid dienone is 1. The van der Waals surface area contributed by atoms with Gasteiger partial charge in [0, 0.05) is 17.3 Å². The molecule has 6 heteroatoms. The fourth-order valence-corrected chi connectivity index (χ4v) is 7.65. The summed E-state index contributed by atoms with van der Waals surface area (Å²) in [5.74, 6) is -0.795. The van der Waals surface area contributed by atoms with Crippen molar-refractivity contribution in [3.05, 3.63) is 11.6 Å². The minimum atomic E-state index is -1.70. The van der Waals surface area contributed by atoms with Crippen LogP contribution in [0.15, 0.2) is 11.6 Å². The Bertz CT molecular complexity index is 738. The average molecular weight is 399 g/mol. The minimum Gasteiger partial charge on any atom is -0.388 e. The van der Waals surface area contributed by atoms with Crippen LogP contribution in [0, 0.1) is 22.7 Å². The summed E-state index contributed by atoms with van der Waals surface area (Å²) in [6.45, 7) is 3.04. The number of hydrogen-bond donors (Lipinski definition) is 2. The van der Waals surface area contributed by atoms with E-state index in [1.165, 1.54) is 0 Å². The van der Waals surface area contributed by atoms with Crippen LogP contribution in [-0.2, 0) is 9.59 Å². The summed E-state index contributed by atoms with van der Waals surface area (Å²) in [5.41, 5.74) is -2.27. The van der Waals surface area contributed by atoms with Gasteiger partial charge in [-0.3, -0.25) is 9.59 Å². The summed E-state index contributed by atoms with van der Waals surface area (Å²) in [6, 6.07) is 0. The smallest absolute Gasteiger partial charge is 0.190 e. The highest BCUT2D eigenvalue weighted by atomic mass is 35.5. The monoisotopic (exact) mass is 398 g/mol. The second-order valence-electron chi connectivity index (χ2n) is 9.56. The fourth-order valence-electron chi connectivity index (χ4n) is 7.10. The summed E-state index contributed by atoms with van der Waals surface area (Å²) >= 11 is 7.18. The van der Waals surface area contributed by atoms with E-state index in [2.05, 4.69) is 0 Å². The van der Waals surface area contributed by atoms with Gasteiger partial charge < -0.3 is 10.2 Å². The molecule has 0 aromatic rings. The number of alkyl halides is 2. The van der Waals surface area contributed by atoms with Gasteiger partial charge in [-0.05, 0) is 56.4 Å². The van der Waals surface area contributed by atoms with E-state index in [1.54, 1.807) is 13.0 Å². The normalized spacial score (nSPS) is 51.9. The van der Waals surface area contributed by atoms with Gasteiger partial charge >= 0.3 is 0 Å². The molecule has 0 bridgehead atoms. The molecule has 2 N–H and O–H groups in total. The first kappa shape index (κ1) is 19.5. The van der Waals surface area contributed by atoms with Gasteiger partial charge in [0.05, 0.1) is 4.87 Å². The number of aliphatic hydroxyl groups is 2. The molecule has 150 valence electrons. The van der Waals surface area contributed by atoms with Crippen LogP contribution in [0.4, 0.5) is 4.39 Å². The second-order valence-corrected chi connectivity index (χ2v) is 10.2. The quantitative estimate of drug-likeness (QED) is 0.701. The van der Waals surface area contributed by atoms with Gasteiger partial charge in [-0.15, -0.1) is 11.6 Å². The minimum absolute atomic E-state index is 0.00325. The van der Waals surface area contributed by atoms with Gasteiger partial charge in [0.25, 0.3) is 0 Å². The van der Waals surface area contributed by atoms with E-state index in [0.29, 0.717) is 32.1 Å². The number of aliphatic hydroxyl groups excluding tert-OH is 1. The summed E-state index contributed by atoms with van der Waals surface area (Å²) in [7, 11) is 0. The molecule has 0 radical (unpaired) electrons. The van der Waals surface area contributed by atoms with Crippen molar-refractivity contribution in [3.8, 4) is 0 Å². The summed E-state index contributed by atoms with van der Waals surface area (Å²) in [4.78, 5) is 23.2. The molecule has 27 heavy (non-hydrogen) atoms. The molecule has 0 spiro atoms. The van der Waals surface area contributed by atoms with Crippen molar-refractivity contribution >= 4 is 23.2 Å². The summed E-state index contributed by atoms with van der Waals surface area (Å²) < 4.78 is 15.9. The van der Waals surface area contributed by atoms with Gasteiger partial charge in [0.2, 0.25) is 0 Å². The highest BCUT2D eigenvalue weighted by Crippen LogP contribution is 2.71. The van der Waals surface area contributed by atoms with Crippen LogP contribution in [0.1, 0.15) is 58.8 Å². The number of fused-ring (bicyclic) bond motifs is 5. The standard InChI is InChI=1S/C21H28ClFO4/c1-18-7-5-13(25)9-12(18)3-4-15-14-6-8-20(27,17(26)11-24)19(14,2)10-16(23)21(15,18)22/h9,14-16,24,27H,3-8,10-11H2,1-2H3/t14-,15-,16?,18-,19-,20-,21-/m0/s1. The maximum atomic E-state index is 15.9. The number of ketones is 2. The first-order valence-corrected chi connectivity index (χ1v) is 10.4. The SMILES string of the molecule is C[C@]12CCC(=O)C=C1CC[C@H]1[C@@H]3CC[C@](O)(C(=O)CO)[C@@]3(C)CC(F)[C@@]12Cl. The first-order chi connectivity index (χ1) is 12.5. The molecule has 0 saturated heterocycles. The predicted molar refractivity (Wildman–Crippen MR) is 99.1 cm³/mol. The number of halogens is 2. The van der Waals surface area contributed by atoms with Crippen LogP contribution in [0.5, 0.6) is 0 Å². The van der Waals surface area contributed by atoms with Crippen LogP contribution >= 0.6 is 11.6 Å². The third kappa shape index (κ3) is 2.17. The van der Waals surface area contributed by atoms with Crippen molar-refractivity contribution < 1.29 is 24.2 Å². The molecule has 4 rings (SSSR count). The molecule has 3 fully saturated rings. The molecule has 4 aliphatic carbocycles. The van der Waals surface area contributed by atoms with E-state index < -0.39 is 39.9 Å². The zero-order chi connectivity index (χ0) is 19.8. The lowest BCUT2D eigenvalue weighted by Crippen LogP contribution is -2.68. The largest absolute Gasteiger partial charge is 0.388 e. The molecule has 0 aliphatic heterocycles. The Kier molecular flexibility index (Phi) is 4.24. The lowest BCUT2D eigenvalue weighted by molar-refractivity contribution is -0.170. The third-order valence-electron chi connectivity index (χ3n) is 8.76. The van der Waals surface area contributed by atoms with E-state index in [1.807, 2.05) is 6.92 Å². The van der Waals surface area contributed by atoms with Crippen LogP contribution in [0.2, 0.25) is 0 Å². The first-order valence-electron chi connectivity index (χ1n) is 9.98. The predicted octanol–water partition coefficient (Wildman–Crippen LogP) is 3.12. The molecule has 0 heterocycles. The van der Waals surface area contributed by atoms with E-state index >= 15 is 4.39 Å². The van der Waals surface area contributed by atoms with Crippen LogP contribution in [0.3, 0.4) is 0 Å². The molecule has 1 unspecified atom stereocenters. The Balaban J connectivity index is 1.80. The molecule has 4 aliphatic rings. The van der Waals surface area contributed by atoms with E-state index in [0.717, 1.165) is 5.57 Å². The number of hydrogen-bond acceptors (Lipinski definition) is 4. The lowest BCUT2D eigenvalue weighted by Gasteiger charge is -2.64. The van der Waals surface area contributed by atoms with Gasteiger partial charge in [-0.25, -0.2) is 4.39 Å². The van der Waals surface area contributed by atoms with Gasteiger partial charge in [-0.1, -0.05) is 19.4 Å². The van der Waals surface area contributed by atoms with Gasteiger partial charge in [-0.2, -0.15) is 0 Å². The Hall–Kier alpha value is -0.780. The Morgan fingerprint density at radius 3 is 2.63 bits per heavy atom. The molecule has 0 amide bonds. The Morgan fingerprint density at radius 2 is 1.96 bits per heavy atom. The van der Waals surface area contributed by atoms with Crippen LogP contribution < -0.4 is 0 Å². The molecular formula is C21H28ClFO4. The number of carbonyl (C=O) groups is 2. The van der Waals surface area contributed by atoms with Crippen molar-refractivity contribution in [2.45, 2.75) is 75.4 Å². The van der Waals surface area contributed by atoms with E-state index in [4.69, 9.17) is 11.6 Å². The van der Waals surface area contributed by atoms with Crippen molar-refractivity contribution in [2.24, 2.45) is 22.7 Å². The van der Waals surface area contributed by atoms with Crippen LogP contribution in [-0.4, -0.2) is 45.0 Å². The van der Waals surface area contributed by atoms with Crippen LogP contribution in [0.25, 0.3) is 0 Å². The zero-order valence-electron chi connectivity index (χ0n) is 15.9. The van der Waals surface area contributed by atoms with Crippen molar-refractivity contribution in [1.82, 2.24) is 0 Å². The summed E-state index contributed by atoms with van der Waals surface area (Å²) in [6.07, 6.45) is 3.38. The van der Waals surface area contributed by atoms with E-state index in [-0.39, 0.29) is 30.5 Å². The third-order valence-corrected chi connectivity index (χ3v) is 9.69. The van der Waals surface area contributed by atoms with E-state index in [9.17, 15) is 19.8 Å². The molecule has 0 aromatic carbocycles.